The average molecular weight is 477 g/mol. The fourth-order valence-electron chi connectivity index (χ4n) is 4.92. The monoisotopic (exact) mass is 476 g/mol. The van der Waals surface area contributed by atoms with Gasteiger partial charge in [0.15, 0.2) is 0 Å². The van der Waals surface area contributed by atoms with Crippen LogP contribution in [0.25, 0.3) is 6.08 Å². The summed E-state index contributed by atoms with van der Waals surface area (Å²) in [6.07, 6.45) is 7.48. The van der Waals surface area contributed by atoms with Crippen molar-refractivity contribution < 1.29 is 14.0 Å². The predicted octanol–water partition coefficient (Wildman–Crippen LogP) is 4.15. The molecule has 2 fully saturated rings. The van der Waals surface area contributed by atoms with Gasteiger partial charge < -0.3 is 14.8 Å². The van der Waals surface area contributed by atoms with Crippen molar-refractivity contribution in [3.8, 4) is 6.07 Å². The lowest BCUT2D eigenvalue weighted by molar-refractivity contribution is -0.135. The van der Waals surface area contributed by atoms with Crippen molar-refractivity contribution in [3.05, 3.63) is 68.4 Å². The van der Waals surface area contributed by atoms with Crippen LogP contribution in [0.2, 0.25) is 0 Å². The zero-order valence-corrected chi connectivity index (χ0v) is 20.1. The zero-order chi connectivity index (χ0) is 25.1. The maximum Gasteiger partial charge on any atom is 0.255 e. The summed E-state index contributed by atoms with van der Waals surface area (Å²) in [7, 11) is 1.46. The quantitative estimate of drug-likeness (QED) is 0.717. The van der Waals surface area contributed by atoms with Gasteiger partial charge in [-0.1, -0.05) is 24.5 Å². The first-order chi connectivity index (χ1) is 16.8. The summed E-state index contributed by atoms with van der Waals surface area (Å²) < 4.78 is 15.5. The molecule has 182 valence electrons. The standard InChI is InChI=1S/C27H29FN4O3/c1-17-11-22(28)13-20(12-18-7-9-32(10-8-18)27(35)19-5-3-4-6-19)25(17)30-26(34)21-14-23(16-29)31(2)24(33)15-21/h11-15,19H,3-10H2,1-2H3,(H,30,34). The Morgan fingerprint density at radius 2 is 1.83 bits per heavy atom. The third-order valence-electron chi connectivity index (χ3n) is 6.99. The molecule has 2 aromatic rings. The molecule has 1 aliphatic heterocycles. The summed E-state index contributed by atoms with van der Waals surface area (Å²) in [5, 5.41) is 12.0. The number of aryl methyl sites for hydroxylation is 1. The summed E-state index contributed by atoms with van der Waals surface area (Å²) >= 11 is 0. The van der Waals surface area contributed by atoms with Gasteiger partial charge in [0.05, 0.1) is 5.69 Å². The minimum atomic E-state index is -0.550. The lowest BCUT2D eigenvalue weighted by atomic mass is 9.97. The number of nitriles is 1. The molecule has 1 aromatic heterocycles. The van der Waals surface area contributed by atoms with Crippen LogP contribution in [0.4, 0.5) is 10.1 Å². The molecule has 0 radical (unpaired) electrons. The molecular weight excluding hydrogens is 447 g/mol. The Morgan fingerprint density at radius 3 is 2.49 bits per heavy atom. The summed E-state index contributed by atoms with van der Waals surface area (Å²) in [4.78, 5) is 39.7. The minimum Gasteiger partial charge on any atom is -0.342 e. The number of carbonyl (C=O) groups is 2. The molecular formula is C27H29FN4O3. The highest BCUT2D eigenvalue weighted by atomic mass is 19.1. The van der Waals surface area contributed by atoms with Crippen LogP contribution in [0.1, 0.15) is 65.7 Å². The smallest absolute Gasteiger partial charge is 0.255 e. The molecule has 1 saturated heterocycles. The summed E-state index contributed by atoms with van der Waals surface area (Å²) in [6, 6.07) is 7.14. The first-order valence-electron chi connectivity index (χ1n) is 12.0. The number of piperidine rings is 1. The number of halogens is 1. The van der Waals surface area contributed by atoms with E-state index >= 15 is 0 Å². The van der Waals surface area contributed by atoms with Crippen molar-refractivity contribution in [2.24, 2.45) is 13.0 Å². The van der Waals surface area contributed by atoms with Crippen LogP contribution in [0.5, 0.6) is 0 Å². The molecule has 2 heterocycles. The lowest BCUT2D eigenvalue weighted by Gasteiger charge is -2.30. The Kier molecular flexibility index (Phi) is 7.15. The predicted molar refractivity (Wildman–Crippen MR) is 131 cm³/mol. The lowest BCUT2D eigenvalue weighted by Crippen LogP contribution is -2.39. The van der Waals surface area contributed by atoms with Crippen LogP contribution >= 0.6 is 0 Å². The molecule has 0 bridgehead atoms. The Bertz CT molecular complexity index is 1290. The van der Waals surface area contributed by atoms with Gasteiger partial charge in [0.1, 0.15) is 17.6 Å². The van der Waals surface area contributed by atoms with Crippen molar-refractivity contribution in [1.29, 1.82) is 5.26 Å². The van der Waals surface area contributed by atoms with Gasteiger partial charge in [0.2, 0.25) is 5.91 Å². The maximum atomic E-state index is 14.3. The number of aromatic nitrogens is 1. The van der Waals surface area contributed by atoms with Crippen LogP contribution in [0, 0.1) is 30.0 Å². The number of nitrogens with one attached hydrogen (secondary N) is 1. The van der Waals surface area contributed by atoms with Gasteiger partial charge in [-0.25, -0.2) is 4.39 Å². The second-order valence-corrected chi connectivity index (χ2v) is 9.39. The Hall–Kier alpha value is -3.73. The van der Waals surface area contributed by atoms with Crippen LogP contribution < -0.4 is 10.9 Å². The second-order valence-electron chi connectivity index (χ2n) is 9.39. The van der Waals surface area contributed by atoms with E-state index < -0.39 is 17.3 Å². The van der Waals surface area contributed by atoms with Crippen molar-refractivity contribution in [1.82, 2.24) is 9.47 Å². The Balaban J connectivity index is 1.54. The number of pyridine rings is 1. The second kappa shape index (κ2) is 10.3. The van der Waals surface area contributed by atoms with E-state index in [2.05, 4.69) is 5.32 Å². The van der Waals surface area contributed by atoms with Crippen molar-refractivity contribution in [2.75, 3.05) is 18.4 Å². The highest BCUT2D eigenvalue weighted by Gasteiger charge is 2.28. The minimum absolute atomic E-state index is 0.0608. The van der Waals surface area contributed by atoms with Gasteiger partial charge in [0, 0.05) is 43.2 Å². The van der Waals surface area contributed by atoms with Crippen LogP contribution in [-0.4, -0.2) is 34.4 Å². The first-order valence-corrected chi connectivity index (χ1v) is 12.0. The number of hydrogen-bond donors (Lipinski definition) is 1. The number of amides is 2. The SMILES string of the molecule is Cc1cc(F)cc(C=C2CCN(C(=O)C3CCCC3)CC2)c1NC(=O)c1cc(C#N)n(C)c(=O)c1. The summed E-state index contributed by atoms with van der Waals surface area (Å²) in [5.41, 5.74) is 2.28. The molecule has 0 atom stereocenters. The van der Waals surface area contributed by atoms with E-state index in [0.29, 0.717) is 42.7 Å². The first kappa shape index (κ1) is 24.4. The van der Waals surface area contributed by atoms with Crippen LogP contribution in [0.3, 0.4) is 0 Å². The van der Waals surface area contributed by atoms with Gasteiger partial charge in [-0.15, -0.1) is 0 Å². The third-order valence-corrected chi connectivity index (χ3v) is 6.99. The molecule has 1 saturated carbocycles. The molecule has 2 aliphatic rings. The van der Waals surface area contributed by atoms with E-state index in [1.54, 1.807) is 6.92 Å². The van der Waals surface area contributed by atoms with Crippen molar-refractivity contribution >= 4 is 23.6 Å². The molecule has 4 rings (SSSR count). The fourth-order valence-corrected chi connectivity index (χ4v) is 4.92. The normalized spacial score (nSPS) is 16.2. The summed E-state index contributed by atoms with van der Waals surface area (Å²) in [5.74, 6) is -0.557. The molecule has 1 aromatic carbocycles. The third kappa shape index (κ3) is 5.35. The number of benzene rings is 1. The highest BCUT2D eigenvalue weighted by molar-refractivity contribution is 6.05. The number of likely N-dealkylation sites (tertiary alicyclic amines) is 1. The largest absolute Gasteiger partial charge is 0.342 e. The topological polar surface area (TPSA) is 95.2 Å². The molecule has 8 heteroatoms. The van der Waals surface area contributed by atoms with Crippen LogP contribution in [-0.2, 0) is 11.8 Å². The van der Waals surface area contributed by atoms with E-state index in [1.807, 2.05) is 17.0 Å². The van der Waals surface area contributed by atoms with E-state index in [4.69, 9.17) is 0 Å². The average Bonchev–Trinajstić information content (AvgIpc) is 3.38. The van der Waals surface area contributed by atoms with E-state index in [9.17, 15) is 24.0 Å². The number of rotatable bonds is 4. The zero-order valence-electron chi connectivity index (χ0n) is 20.1. The number of carbonyl (C=O) groups excluding carboxylic acids is 2. The Morgan fingerprint density at radius 1 is 1.14 bits per heavy atom. The van der Waals surface area contributed by atoms with E-state index in [0.717, 1.165) is 31.3 Å². The fraction of sp³-hybridized carbons (Fsp3) is 0.407. The van der Waals surface area contributed by atoms with Crippen LogP contribution in [0.15, 0.2) is 34.6 Å². The van der Waals surface area contributed by atoms with Gasteiger partial charge >= 0.3 is 0 Å². The Labute approximate surface area is 203 Å². The van der Waals surface area contributed by atoms with E-state index in [-0.39, 0.29) is 23.1 Å². The molecule has 7 nitrogen and oxygen atoms in total. The molecule has 0 spiro atoms. The number of anilines is 1. The van der Waals surface area contributed by atoms with Gasteiger partial charge in [0.25, 0.3) is 11.5 Å². The van der Waals surface area contributed by atoms with Crippen molar-refractivity contribution in [3.63, 3.8) is 0 Å². The molecule has 1 aliphatic carbocycles. The summed E-state index contributed by atoms with van der Waals surface area (Å²) in [6.45, 7) is 2.98. The number of hydrogen-bond acceptors (Lipinski definition) is 4. The van der Waals surface area contributed by atoms with Gasteiger partial charge in [-0.05, 0) is 56.4 Å². The molecule has 2 amide bonds. The highest BCUT2D eigenvalue weighted by Crippen LogP contribution is 2.31. The van der Waals surface area contributed by atoms with Gasteiger partial charge in [-0.3, -0.25) is 14.4 Å². The maximum absolute atomic E-state index is 14.3. The molecule has 1 N–H and O–H groups in total. The number of nitrogens with zero attached hydrogens (tertiary/aromatic N) is 3. The van der Waals surface area contributed by atoms with Gasteiger partial charge in [-0.2, -0.15) is 5.26 Å². The molecule has 0 unspecified atom stereocenters. The molecule has 35 heavy (non-hydrogen) atoms. The van der Waals surface area contributed by atoms with E-state index in [1.165, 1.54) is 35.9 Å². The van der Waals surface area contributed by atoms with Crippen molar-refractivity contribution in [2.45, 2.75) is 45.4 Å².